The Morgan fingerprint density at radius 3 is 2.40 bits per heavy atom. The Balaban J connectivity index is 1.57. The number of nitrogens with zero attached hydrogens (tertiary/aromatic N) is 3. The minimum Gasteiger partial charge on any atom is -0.355 e. The molecule has 1 saturated heterocycles. The second-order valence-corrected chi connectivity index (χ2v) is 7.60. The van der Waals surface area contributed by atoms with Crippen molar-refractivity contribution in [3.63, 3.8) is 0 Å². The van der Waals surface area contributed by atoms with Gasteiger partial charge in [-0.15, -0.1) is 0 Å². The molecule has 5 nitrogen and oxygen atoms in total. The molecule has 1 fully saturated rings. The summed E-state index contributed by atoms with van der Waals surface area (Å²) in [5.74, 6) is 0.493. The van der Waals surface area contributed by atoms with Gasteiger partial charge in [0.05, 0.1) is 17.6 Å². The van der Waals surface area contributed by atoms with Gasteiger partial charge < -0.3 is 10.2 Å². The summed E-state index contributed by atoms with van der Waals surface area (Å²) < 4.78 is 38.2. The van der Waals surface area contributed by atoms with Gasteiger partial charge in [0.25, 0.3) is 0 Å². The zero-order chi connectivity index (χ0) is 21.7. The highest BCUT2D eigenvalue weighted by molar-refractivity contribution is 5.81. The molecule has 0 saturated carbocycles. The largest absolute Gasteiger partial charge is 0.417 e. The standard InChI is InChI=1S/C22H27F3N4O/c1-16(18-7-4-3-5-8-18)27-21(30)17(2)28-11-6-12-29(14-13-28)20-10-9-19(15-26-20)22(23,24)25/h3-5,7-10,15-17H,6,11-14H2,1-2H3,(H,27,30). The number of pyridine rings is 1. The molecule has 1 N–H and O–H groups in total. The molecule has 1 aliphatic rings. The predicted octanol–water partition coefficient (Wildman–Crippen LogP) is 3.88. The predicted molar refractivity (Wildman–Crippen MR) is 110 cm³/mol. The van der Waals surface area contributed by atoms with Crippen molar-refractivity contribution >= 4 is 11.7 Å². The van der Waals surface area contributed by atoms with Crippen LogP contribution in [0.5, 0.6) is 0 Å². The van der Waals surface area contributed by atoms with Crippen LogP contribution in [0, 0.1) is 0 Å². The third-order valence-electron chi connectivity index (χ3n) is 5.52. The van der Waals surface area contributed by atoms with Gasteiger partial charge in [0, 0.05) is 32.4 Å². The molecule has 8 heteroatoms. The molecule has 0 bridgehead atoms. The normalized spacial score (nSPS) is 17.8. The van der Waals surface area contributed by atoms with Crippen LogP contribution in [0.25, 0.3) is 0 Å². The van der Waals surface area contributed by atoms with Gasteiger partial charge in [0.2, 0.25) is 5.91 Å². The first-order chi connectivity index (χ1) is 14.3. The summed E-state index contributed by atoms with van der Waals surface area (Å²) in [7, 11) is 0. The van der Waals surface area contributed by atoms with E-state index in [9.17, 15) is 18.0 Å². The molecule has 2 unspecified atom stereocenters. The lowest BCUT2D eigenvalue weighted by molar-refractivity contribution is -0.137. The van der Waals surface area contributed by atoms with Crippen molar-refractivity contribution in [2.24, 2.45) is 0 Å². The van der Waals surface area contributed by atoms with E-state index in [1.165, 1.54) is 6.07 Å². The number of halogens is 3. The fraction of sp³-hybridized carbons (Fsp3) is 0.455. The van der Waals surface area contributed by atoms with E-state index in [0.29, 0.717) is 25.5 Å². The summed E-state index contributed by atoms with van der Waals surface area (Å²) in [4.78, 5) is 20.8. The summed E-state index contributed by atoms with van der Waals surface area (Å²) in [6.07, 6.45) is -2.71. The summed E-state index contributed by atoms with van der Waals surface area (Å²) in [6, 6.07) is 11.9. The van der Waals surface area contributed by atoms with Gasteiger partial charge in [-0.1, -0.05) is 30.3 Å². The maximum Gasteiger partial charge on any atom is 0.417 e. The fourth-order valence-electron chi connectivity index (χ4n) is 3.62. The monoisotopic (exact) mass is 420 g/mol. The molecular formula is C22H27F3N4O. The number of hydrogen-bond acceptors (Lipinski definition) is 4. The highest BCUT2D eigenvalue weighted by atomic mass is 19.4. The maximum atomic E-state index is 12.7. The Bertz CT molecular complexity index is 827. The third-order valence-corrected chi connectivity index (χ3v) is 5.52. The van der Waals surface area contributed by atoms with E-state index in [-0.39, 0.29) is 18.0 Å². The number of hydrogen-bond donors (Lipinski definition) is 1. The second-order valence-electron chi connectivity index (χ2n) is 7.60. The molecule has 2 aromatic rings. The minimum absolute atomic E-state index is 0.0348. The summed E-state index contributed by atoms with van der Waals surface area (Å²) in [6.45, 7) is 6.51. The Labute approximate surface area is 174 Å². The van der Waals surface area contributed by atoms with E-state index in [4.69, 9.17) is 0 Å². The number of alkyl halides is 3. The van der Waals surface area contributed by atoms with Crippen molar-refractivity contribution < 1.29 is 18.0 Å². The van der Waals surface area contributed by atoms with Crippen LogP contribution < -0.4 is 10.2 Å². The lowest BCUT2D eigenvalue weighted by Crippen LogP contribution is -2.47. The number of rotatable bonds is 5. The first-order valence-electron chi connectivity index (χ1n) is 10.1. The summed E-state index contributed by atoms with van der Waals surface area (Å²) in [5.41, 5.74) is 0.300. The van der Waals surface area contributed by atoms with Crippen LogP contribution in [0.4, 0.5) is 19.0 Å². The molecule has 0 aliphatic carbocycles. The van der Waals surface area contributed by atoms with Crippen LogP contribution in [0.3, 0.4) is 0 Å². The average molecular weight is 420 g/mol. The van der Waals surface area contributed by atoms with Gasteiger partial charge in [0.1, 0.15) is 5.82 Å². The molecule has 3 rings (SSSR count). The first kappa shape index (κ1) is 22.1. The van der Waals surface area contributed by atoms with Crippen molar-refractivity contribution in [1.82, 2.24) is 15.2 Å². The number of benzene rings is 1. The van der Waals surface area contributed by atoms with Crippen molar-refractivity contribution in [2.75, 3.05) is 31.1 Å². The van der Waals surface area contributed by atoms with E-state index in [1.54, 1.807) is 0 Å². The molecule has 0 spiro atoms. The van der Waals surface area contributed by atoms with E-state index in [0.717, 1.165) is 30.8 Å². The van der Waals surface area contributed by atoms with Crippen LogP contribution in [0.15, 0.2) is 48.7 Å². The Hall–Kier alpha value is -2.61. The van der Waals surface area contributed by atoms with Gasteiger partial charge >= 0.3 is 6.18 Å². The van der Waals surface area contributed by atoms with E-state index in [2.05, 4.69) is 15.2 Å². The zero-order valence-corrected chi connectivity index (χ0v) is 17.2. The summed E-state index contributed by atoms with van der Waals surface area (Å²) in [5, 5.41) is 3.06. The average Bonchev–Trinajstić information content (AvgIpc) is 2.99. The van der Waals surface area contributed by atoms with Gasteiger partial charge in [-0.25, -0.2) is 4.98 Å². The quantitative estimate of drug-likeness (QED) is 0.798. The SMILES string of the molecule is CC(NC(=O)C(C)N1CCCN(c2ccc(C(F)(F)F)cn2)CC1)c1ccccc1. The molecule has 0 radical (unpaired) electrons. The highest BCUT2D eigenvalue weighted by Gasteiger charge is 2.31. The zero-order valence-electron chi connectivity index (χ0n) is 17.2. The van der Waals surface area contributed by atoms with Crippen molar-refractivity contribution in [3.05, 3.63) is 59.8 Å². The number of anilines is 1. The van der Waals surface area contributed by atoms with Gasteiger partial charge in [0.15, 0.2) is 0 Å². The maximum absolute atomic E-state index is 12.7. The number of aromatic nitrogens is 1. The molecule has 1 amide bonds. The Morgan fingerprint density at radius 1 is 1.03 bits per heavy atom. The Morgan fingerprint density at radius 2 is 1.77 bits per heavy atom. The number of amides is 1. The van der Waals surface area contributed by atoms with Crippen molar-refractivity contribution in [3.8, 4) is 0 Å². The van der Waals surface area contributed by atoms with E-state index >= 15 is 0 Å². The number of carbonyl (C=O) groups excluding carboxylic acids is 1. The van der Waals surface area contributed by atoms with Crippen molar-refractivity contribution in [2.45, 2.75) is 38.5 Å². The first-order valence-corrected chi connectivity index (χ1v) is 10.1. The third kappa shape index (κ3) is 5.50. The van der Waals surface area contributed by atoms with E-state index in [1.807, 2.05) is 49.1 Å². The van der Waals surface area contributed by atoms with Crippen LogP contribution in [0.1, 0.15) is 37.4 Å². The molecule has 162 valence electrons. The summed E-state index contributed by atoms with van der Waals surface area (Å²) >= 11 is 0. The molecule has 1 aromatic carbocycles. The van der Waals surface area contributed by atoms with Crippen LogP contribution in [0.2, 0.25) is 0 Å². The van der Waals surface area contributed by atoms with Crippen molar-refractivity contribution in [1.29, 1.82) is 0 Å². The Kier molecular flexibility index (Phi) is 6.97. The van der Waals surface area contributed by atoms with Crippen LogP contribution in [-0.2, 0) is 11.0 Å². The van der Waals surface area contributed by atoms with E-state index < -0.39 is 11.7 Å². The molecule has 2 atom stereocenters. The van der Waals surface area contributed by atoms with Crippen LogP contribution >= 0.6 is 0 Å². The minimum atomic E-state index is -4.39. The molecule has 2 heterocycles. The molecule has 30 heavy (non-hydrogen) atoms. The number of nitrogens with one attached hydrogen (secondary N) is 1. The second kappa shape index (κ2) is 9.47. The van der Waals surface area contributed by atoms with Gasteiger partial charge in [-0.2, -0.15) is 13.2 Å². The smallest absolute Gasteiger partial charge is 0.355 e. The van der Waals surface area contributed by atoms with Crippen LogP contribution in [-0.4, -0.2) is 48.0 Å². The highest BCUT2D eigenvalue weighted by Crippen LogP contribution is 2.29. The van der Waals surface area contributed by atoms with Gasteiger partial charge in [-0.3, -0.25) is 9.69 Å². The van der Waals surface area contributed by atoms with Gasteiger partial charge in [-0.05, 0) is 38.0 Å². The molecule has 1 aromatic heterocycles. The topological polar surface area (TPSA) is 48.5 Å². The number of carbonyl (C=O) groups is 1. The molecule has 1 aliphatic heterocycles. The lowest BCUT2D eigenvalue weighted by Gasteiger charge is -2.28. The lowest BCUT2D eigenvalue weighted by atomic mass is 10.1. The fourth-order valence-corrected chi connectivity index (χ4v) is 3.62. The molecular weight excluding hydrogens is 393 g/mol.